The van der Waals surface area contributed by atoms with Crippen molar-refractivity contribution in [2.45, 2.75) is 27.2 Å². The molecule has 0 aromatic heterocycles. The van der Waals surface area contributed by atoms with Crippen LogP contribution in [-0.4, -0.2) is 23.5 Å². The number of carboxylic acids is 1. The number of hydrogen-bond acceptors (Lipinski definition) is 2. The third kappa shape index (κ3) is 4.85. The number of rotatable bonds is 5. The molecule has 0 bridgehead atoms. The second kappa shape index (κ2) is 6.75. The number of amides is 1. The predicted molar refractivity (Wildman–Crippen MR) is 78.7 cm³/mol. The van der Waals surface area contributed by atoms with E-state index in [2.05, 4.69) is 5.32 Å². The molecule has 0 aliphatic heterocycles. The molecule has 0 fully saturated rings. The van der Waals surface area contributed by atoms with Gasteiger partial charge in [0, 0.05) is 11.6 Å². The van der Waals surface area contributed by atoms with Gasteiger partial charge in [0.25, 0.3) is 0 Å². The summed E-state index contributed by atoms with van der Waals surface area (Å²) < 4.78 is 0. The minimum atomic E-state index is -1.10. The van der Waals surface area contributed by atoms with Crippen molar-refractivity contribution >= 4 is 23.5 Å². The van der Waals surface area contributed by atoms with Crippen molar-refractivity contribution in [2.24, 2.45) is 11.3 Å². The quantitative estimate of drug-likeness (QED) is 0.821. The van der Waals surface area contributed by atoms with Gasteiger partial charge in [-0.05, 0) is 29.5 Å². The minimum Gasteiger partial charge on any atom is -0.481 e. The molecule has 0 heterocycles. The van der Waals surface area contributed by atoms with Gasteiger partial charge in [-0.1, -0.05) is 44.5 Å². The third-order valence-electron chi connectivity index (χ3n) is 3.00. The molecule has 4 nitrogen and oxygen atoms in total. The van der Waals surface area contributed by atoms with Crippen molar-refractivity contribution in [1.82, 2.24) is 5.32 Å². The van der Waals surface area contributed by atoms with Gasteiger partial charge in [0.1, 0.15) is 5.92 Å². The van der Waals surface area contributed by atoms with Crippen LogP contribution in [0, 0.1) is 11.3 Å². The standard InChI is InChI=1S/C15H20ClNO3/c1-15(2,3)12(14(19)20)13(18)17-9-8-10-4-6-11(16)7-5-10/h4-7,12H,8-9H2,1-3H3,(H,17,18)(H,19,20). The lowest BCUT2D eigenvalue weighted by Crippen LogP contribution is -2.43. The number of carbonyl (C=O) groups excluding carboxylic acids is 1. The monoisotopic (exact) mass is 297 g/mol. The predicted octanol–water partition coefficient (Wildman–Crippen LogP) is 2.75. The summed E-state index contributed by atoms with van der Waals surface area (Å²) in [5.41, 5.74) is 0.424. The first-order valence-corrected chi connectivity index (χ1v) is 6.84. The number of aliphatic carboxylic acids is 1. The van der Waals surface area contributed by atoms with E-state index < -0.39 is 23.2 Å². The van der Waals surface area contributed by atoms with Crippen LogP contribution in [0.1, 0.15) is 26.3 Å². The van der Waals surface area contributed by atoms with E-state index in [9.17, 15) is 9.59 Å². The van der Waals surface area contributed by atoms with Crippen LogP contribution in [0.5, 0.6) is 0 Å². The molecule has 1 rings (SSSR count). The highest BCUT2D eigenvalue weighted by Gasteiger charge is 2.37. The van der Waals surface area contributed by atoms with E-state index in [0.29, 0.717) is 18.0 Å². The molecule has 0 spiro atoms. The average Bonchev–Trinajstić information content (AvgIpc) is 2.29. The molecule has 0 saturated heterocycles. The van der Waals surface area contributed by atoms with Gasteiger partial charge in [-0.25, -0.2) is 0 Å². The molecular formula is C15H20ClNO3. The number of carboxylic acid groups (broad SMARTS) is 1. The number of hydrogen-bond donors (Lipinski definition) is 2. The second-order valence-electron chi connectivity index (χ2n) is 5.80. The molecule has 20 heavy (non-hydrogen) atoms. The zero-order chi connectivity index (χ0) is 15.3. The van der Waals surface area contributed by atoms with Crippen LogP contribution >= 0.6 is 11.6 Å². The highest BCUT2D eigenvalue weighted by atomic mass is 35.5. The summed E-state index contributed by atoms with van der Waals surface area (Å²) >= 11 is 5.79. The third-order valence-corrected chi connectivity index (χ3v) is 3.25. The van der Waals surface area contributed by atoms with E-state index in [1.165, 1.54) is 0 Å². The van der Waals surface area contributed by atoms with Crippen molar-refractivity contribution < 1.29 is 14.7 Å². The first kappa shape index (κ1) is 16.5. The van der Waals surface area contributed by atoms with Crippen LogP contribution in [0.2, 0.25) is 5.02 Å². The van der Waals surface area contributed by atoms with Gasteiger partial charge in [-0.3, -0.25) is 9.59 Å². The van der Waals surface area contributed by atoms with Crippen LogP contribution in [0.15, 0.2) is 24.3 Å². The fourth-order valence-electron chi connectivity index (χ4n) is 1.96. The number of nitrogens with one attached hydrogen (secondary N) is 1. The van der Waals surface area contributed by atoms with Gasteiger partial charge >= 0.3 is 5.97 Å². The summed E-state index contributed by atoms with van der Waals surface area (Å²) in [6.45, 7) is 5.63. The lowest BCUT2D eigenvalue weighted by Gasteiger charge is -2.25. The molecule has 0 aliphatic carbocycles. The summed E-state index contributed by atoms with van der Waals surface area (Å²) in [6, 6.07) is 7.34. The van der Waals surface area contributed by atoms with Gasteiger partial charge in [0.2, 0.25) is 5.91 Å². The summed E-state index contributed by atoms with van der Waals surface area (Å²) in [4.78, 5) is 23.1. The molecule has 1 aromatic rings. The Kier molecular flexibility index (Phi) is 5.57. The lowest BCUT2D eigenvalue weighted by atomic mass is 9.80. The summed E-state index contributed by atoms with van der Waals surface area (Å²) in [5, 5.41) is 12.5. The summed E-state index contributed by atoms with van der Waals surface area (Å²) in [6.07, 6.45) is 0.638. The molecule has 1 amide bonds. The Morgan fingerprint density at radius 2 is 1.80 bits per heavy atom. The molecule has 1 unspecified atom stereocenters. The Morgan fingerprint density at radius 3 is 2.25 bits per heavy atom. The Bertz CT molecular complexity index is 477. The van der Waals surface area contributed by atoms with E-state index in [-0.39, 0.29) is 0 Å². The molecule has 1 aromatic carbocycles. The van der Waals surface area contributed by atoms with E-state index in [1.807, 2.05) is 12.1 Å². The Balaban J connectivity index is 2.54. The normalized spacial score (nSPS) is 12.8. The molecular weight excluding hydrogens is 278 g/mol. The molecule has 1 atom stereocenters. The summed E-state index contributed by atoms with van der Waals surface area (Å²) in [7, 11) is 0. The van der Waals surface area contributed by atoms with Crippen LogP contribution < -0.4 is 5.32 Å². The van der Waals surface area contributed by atoms with Gasteiger partial charge in [-0.15, -0.1) is 0 Å². The molecule has 5 heteroatoms. The van der Waals surface area contributed by atoms with Crippen LogP contribution in [0.3, 0.4) is 0 Å². The molecule has 2 N–H and O–H groups in total. The molecule has 0 radical (unpaired) electrons. The fraction of sp³-hybridized carbons (Fsp3) is 0.467. The highest BCUT2D eigenvalue weighted by Crippen LogP contribution is 2.26. The van der Waals surface area contributed by atoms with E-state index in [0.717, 1.165) is 5.56 Å². The van der Waals surface area contributed by atoms with Gasteiger partial charge < -0.3 is 10.4 Å². The molecule has 0 aliphatic rings. The van der Waals surface area contributed by atoms with Gasteiger partial charge in [0.05, 0.1) is 0 Å². The topological polar surface area (TPSA) is 66.4 Å². The second-order valence-corrected chi connectivity index (χ2v) is 6.24. The van der Waals surface area contributed by atoms with Crippen LogP contribution in [0.4, 0.5) is 0 Å². The zero-order valence-electron chi connectivity index (χ0n) is 11.9. The first-order chi connectivity index (χ1) is 9.21. The van der Waals surface area contributed by atoms with Gasteiger partial charge in [0.15, 0.2) is 0 Å². The van der Waals surface area contributed by atoms with E-state index >= 15 is 0 Å². The maximum atomic E-state index is 12.0. The van der Waals surface area contributed by atoms with Crippen LogP contribution in [0.25, 0.3) is 0 Å². The van der Waals surface area contributed by atoms with Crippen molar-refractivity contribution in [2.75, 3.05) is 6.54 Å². The van der Waals surface area contributed by atoms with Crippen LogP contribution in [-0.2, 0) is 16.0 Å². The van der Waals surface area contributed by atoms with Gasteiger partial charge in [-0.2, -0.15) is 0 Å². The first-order valence-electron chi connectivity index (χ1n) is 6.47. The Labute approximate surface area is 124 Å². The van der Waals surface area contributed by atoms with Crippen molar-refractivity contribution in [3.05, 3.63) is 34.9 Å². The molecule has 0 saturated carbocycles. The fourth-order valence-corrected chi connectivity index (χ4v) is 2.09. The van der Waals surface area contributed by atoms with Crippen molar-refractivity contribution in [3.63, 3.8) is 0 Å². The maximum Gasteiger partial charge on any atom is 0.316 e. The zero-order valence-corrected chi connectivity index (χ0v) is 12.7. The lowest BCUT2D eigenvalue weighted by molar-refractivity contribution is -0.151. The highest BCUT2D eigenvalue weighted by molar-refractivity contribution is 6.30. The molecule has 110 valence electrons. The maximum absolute atomic E-state index is 12.0. The smallest absolute Gasteiger partial charge is 0.316 e. The minimum absolute atomic E-state index is 0.403. The Hall–Kier alpha value is -1.55. The average molecular weight is 298 g/mol. The van der Waals surface area contributed by atoms with Crippen molar-refractivity contribution in [3.8, 4) is 0 Å². The SMILES string of the molecule is CC(C)(C)C(C(=O)O)C(=O)NCCc1ccc(Cl)cc1. The summed E-state index contributed by atoms with van der Waals surface area (Å²) in [5.74, 6) is -2.59. The number of benzene rings is 1. The van der Waals surface area contributed by atoms with Crippen molar-refractivity contribution in [1.29, 1.82) is 0 Å². The number of halogens is 1. The van der Waals surface area contributed by atoms with E-state index in [4.69, 9.17) is 16.7 Å². The largest absolute Gasteiger partial charge is 0.481 e. The Morgan fingerprint density at radius 1 is 1.25 bits per heavy atom. The number of carbonyl (C=O) groups is 2. The van der Waals surface area contributed by atoms with E-state index in [1.54, 1.807) is 32.9 Å².